The summed E-state index contributed by atoms with van der Waals surface area (Å²) < 4.78 is 0. The third-order valence-electron chi connectivity index (χ3n) is 3.88. The molecular formula is C14H23N3O3. The Hall–Kier alpha value is -1.43. The van der Waals surface area contributed by atoms with Crippen molar-refractivity contribution in [2.24, 2.45) is 5.41 Å². The molecule has 0 aliphatic carbocycles. The Balaban J connectivity index is 1.85. The minimum absolute atomic E-state index is 0.0249. The fourth-order valence-corrected chi connectivity index (χ4v) is 2.74. The summed E-state index contributed by atoms with van der Waals surface area (Å²) in [6.45, 7) is 7.08. The summed E-state index contributed by atoms with van der Waals surface area (Å²) in [5, 5.41) is 3.19. The van der Waals surface area contributed by atoms with Crippen LogP contribution in [0.4, 0.5) is 0 Å². The molecule has 2 aliphatic heterocycles. The Kier molecular flexibility index (Phi) is 4.42. The lowest BCUT2D eigenvalue weighted by atomic mass is 9.82. The lowest BCUT2D eigenvalue weighted by Gasteiger charge is -2.35. The van der Waals surface area contributed by atoms with Gasteiger partial charge in [0.05, 0.1) is 0 Å². The monoisotopic (exact) mass is 281 g/mol. The minimum atomic E-state index is -0.257. The molecule has 0 saturated carbocycles. The number of rotatable bonds is 3. The number of hydrogen-bond acceptors (Lipinski definition) is 4. The Morgan fingerprint density at radius 3 is 2.25 bits per heavy atom. The molecule has 20 heavy (non-hydrogen) atoms. The molecule has 6 nitrogen and oxygen atoms in total. The van der Waals surface area contributed by atoms with Gasteiger partial charge in [-0.1, -0.05) is 13.8 Å². The highest BCUT2D eigenvalue weighted by molar-refractivity contribution is 5.98. The molecule has 0 unspecified atom stereocenters. The number of nitrogens with one attached hydrogen (secondary N) is 1. The molecule has 2 saturated heterocycles. The van der Waals surface area contributed by atoms with Gasteiger partial charge in [0.15, 0.2) is 0 Å². The Morgan fingerprint density at radius 2 is 1.70 bits per heavy atom. The molecule has 112 valence electrons. The topological polar surface area (TPSA) is 69.7 Å². The van der Waals surface area contributed by atoms with E-state index in [0.717, 1.165) is 13.1 Å². The summed E-state index contributed by atoms with van der Waals surface area (Å²) in [6, 6.07) is 0. The van der Waals surface area contributed by atoms with E-state index >= 15 is 0 Å². The predicted octanol–water partition coefficient (Wildman–Crippen LogP) is -0.0165. The quantitative estimate of drug-likeness (QED) is 0.738. The van der Waals surface area contributed by atoms with E-state index in [1.54, 1.807) is 4.90 Å². The van der Waals surface area contributed by atoms with Gasteiger partial charge in [0.1, 0.15) is 0 Å². The molecule has 3 amide bonds. The molecule has 2 fully saturated rings. The number of likely N-dealkylation sites (tertiary alicyclic amines) is 1. The lowest BCUT2D eigenvalue weighted by molar-refractivity contribution is -0.152. The van der Waals surface area contributed by atoms with Crippen molar-refractivity contribution >= 4 is 17.7 Å². The first-order valence-corrected chi connectivity index (χ1v) is 7.21. The highest BCUT2D eigenvalue weighted by Gasteiger charge is 2.37. The van der Waals surface area contributed by atoms with Gasteiger partial charge in [-0.25, -0.2) is 0 Å². The summed E-state index contributed by atoms with van der Waals surface area (Å²) in [5.41, 5.74) is -0.257. The fourth-order valence-electron chi connectivity index (χ4n) is 2.74. The van der Waals surface area contributed by atoms with Gasteiger partial charge in [0.2, 0.25) is 17.7 Å². The number of imide groups is 1. The van der Waals surface area contributed by atoms with E-state index in [4.69, 9.17) is 0 Å². The maximum atomic E-state index is 12.0. The van der Waals surface area contributed by atoms with Crippen LogP contribution in [0.15, 0.2) is 0 Å². The summed E-state index contributed by atoms with van der Waals surface area (Å²) in [5.74, 6) is -0.282. The smallest absolute Gasteiger partial charge is 0.229 e. The Labute approximate surface area is 119 Å². The van der Waals surface area contributed by atoms with E-state index in [-0.39, 0.29) is 36.1 Å². The standard InChI is InChI=1S/C14H23N3O3/c1-14(2)9-12(19)17(13(20)10-14)6-3-11(18)16-7-4-15-5-8-16/h15H,3-10H2,1-2H3. The molecule has 0 aromatic heterocycles. The second kappa shape index (κ2) is 5.91. The van der Waals surface area contributed by atoms with E-state index in [1.165, 1.54) is 4.90 Å². The van der Waals surface area contributed by atoms with Crippen molar-refractivity contribution in [3.05, 3.63) is 0 Å². The molecule has 2 heterocycles. The van der Waals surface area contributed by atoms with Crippen molar-refractivity contribution in [1.29, 1.82) is 0 Å². The molecule has 0 bridgehead atoms. The summed E-state index contributed by atoms with van der Waals surface area (Å²) in [7, 11) is 0. The maximum Gasteiger partial charge on any atom is 0.229 e. The summed E-state index contributed by atoms with van der Waals surface area (Å²) in [4.78, 5) is 39.0. The average molecular weight is 281 g/mol. The number of hydrogen-bond donors (Lipinski definition) is 1. The molecular weight excluding hydrogens is 258 g/mol. The number of carbonyl (C=O) groups excluding carboxylic acids is 3. The molecule has 0 aromatic rings. The zero-order valence-electron chi connectivity index (χ0n) is 12.3. The minimum Gasteiger partial charge on any atom is -0.340 e. The number of amides is 3. The highest BCUT2D eigenvalue weighted by atomic mass is 16.2. The number of nitrogens with zero attached hydrogens (tertiary/aromatic N) is 2. The highest BCUT2D eigenvalue weighted by Crippen LogP contribution is 2.31. The van der Waals surface area contributed by atoms with Gasteiger partial charge in [-0.15, -0.1) is 0 Å². The third-order valence-corrected chi connectivity index (χ3v) is 3.88. The van der Waals surface area contributed by atoms with Gasteiger partial charge in [0.25, 0.3) is 0 Å². The molecule has 6 heteroatoms. The maximum absolute atomic E-state index is 12.0. The van der Waals surface area contributed by atoms with Crippen molar-refractivity contribution in [3.63, 3.8) is 0 Å². The second-order valence-corrected chi connectivity index (χ2v) is 6.34. The van der Waals surface area contributed by atoms with Crippen LogP contribution in [0.2, 0.25) is 0 Å². The van der Waals surface area contributed by atoms with Crippen LogP contribution in [-0.4, -0.2) is 60.2 Å². The van der Waals surface area contributed by atoms with Gasteiger partial charge in [-0.2, -0.15) is 0 Å². The average Bonchev–Trinajstić information content (AvgIpc) is 2.37. The number of piperidine rings is 1. The molecule has 0 spiro atoms. The first-order chi connectivity index (χ1) is 9.39. The van der Waals surface area contributed by atoms with Crippen LogP contribution in [0.25, 0.3) is 0 Å². The van der Waals surface area contributed by atoms with Gasteiger partial charge < -0.3 is 10.2 Å². The van der Waals surface area contributed by atoms with Crippen LogP contribution >= 0.6 is 0 Å². The third kappa shape index (κ3) is 3.56. The molecule has 0 aromatic carbocycles. The van der Waals surface area contributed by atoms with Crippen molar-refractivity contribution in [2.45, 2.75) is 33.1 Å². The van der Waals surface area contributed by atoms with Gasteiger partial charge >= 0.3 is 0 Å². The van der Waals surface area contributed by atoms with Crippen molar-refractivity contribution in [1.82, 2.24) is 15.1 Å². The van der Waals surface area contributed by atoms with Crippen LogP contribution in [0.1, 0.15) is 33.1 Å². The van der Waals surface area contributed by atoms with E-state index in [0.29, 0.717) is 25.9 Å². The van der Waals surface area contributed by atoms with Crippen molar-refractivity contribution < 1.29 is 14.4 Å². The SMILES string of the molecule is CC1(C)CC(=O)N(CCC(=O)N2CCNCC2)C(=O)C1. The van der Waals surface area contributed by atoms with Crippen LogP contribution in [0, 0.1) is 5.41 Å². The Bertz CT molecular complexity index is 394. The van der Waals surface area contributed by atoms with Gasteiger partial charge in [-0.3, -0.25) is 19.3 Å². The predicted molar refractivity (Wildman–Crippen MR) is 73.8 cm³/mol. The zero-order chi connectivity index (χ0) is 14.8. The van der Waals surface area contributed by atoms with Crippen LogP contribution < -0.4 is 5.32 Å². The van der Waals surface area contributed by atoms with E-state index in [2.05, 4.69) is 5.32 Å². The first-order valence-electron chi connectivity index (χ1n) is 7.21. The first kappa shape index (κ1) is 15.0. The number of carbonyl (C=O) groups is 3. The van der Waals surface area contributed by atoms with Crippen LogP contribution in [0.3, 0.4) is 0 Å². The molecule has 2 rings (SSSR count). The van der Waals surface area contributed by atoms with Crippen molar-refractivity contribution in [3.8, 4) is 0 Å². The van der Waals surface area contributed by atoms with Gasteiger partial charge in [-0.05, 0) is 5.41 Å². The largest absolute Gasteiger partial charge is 0.340 e. The molecule has 0 radical (unpaired) electrons. The van der Waals surface area contributed by atoms with Crippen molar-refractivity contribution in [2.75, 3.05) is 32.7 Å². The van der Waals surface area contributed by atoms with Gasteiger partial charge in [0, 0.05) is 52.0 Å². The lowest BCUT2D eigenvalue weighted by Crippen LogP contribution is -2.49. The molecule has 1 N–H and O–H groups in total. The number of piperazine rings is 1. The van der Waals surface area contributed by atoms with Crippen LogP contribution in [-0.2, 0) is 14.4 Å². The molecule has 0 atom stereocenters. The normalized spacial score (nSPS) is 23.1. The second-order valence-electron chi connectivity index (χ2n) is 6.34. The zero-order valence-corrected chi connectivity index (χ0v) is 12.3. The fraction of sp³-hybridized carbons (Fsp3) is 0.786. The van der Waals surface area contributed by atoms with E-state index in [1.807, 2.05) is 13.8 Å². The van der Waals surface area contributed by atoms with E-state index < -0.39 is 0 Å². The molecule has 2 aliphatic rings. The Morgan fingerprint density at radius 1 is 1.15 bits per heavy atom. The summed E-state index contributed by atoms with van der Waals surface area (Å²) >= 11 is 0. The van der Waals surface area contributed by atoms with Crippen LogP contribution in [0.5, 0.6) is 0 Å². The summed E-state index contributed by atoms with van der Waals surface area (Å²) in [6.07, 6.45) is 0.985. The van der Waals surface area contributed by atoms with E-state index in [9.17, 15) is 14.4 Å².